The van der Waals surface area contributed by atoms with Crippen LogP contribution in [0.2, 0.25) is 10.0 Å². The van der Waals surface area contributed by atoms with Gasteiger partial charge in [-0.3, -0.25) is 0 Å². The van der Waals surface area contributed by atoms with E-state index in [0.29, 0.717) is 16.5 Å². The Labute approximate surface area is 142 Å². The minimum atomic E-state index is -0.808. The summed E-state index contributed by atoms with van der Waals surface area (Å²) in [5.41, 5.74) is 0.873. The van der Waals surface area contributed by atoms with Crippen LogP contribution in [-0.2, 0) is 11.8 Å². The Morgan fingerprint density at radius 2 is 1.67 bits per heavy atom. The van der Waals surface area contributed by atoms with Gasteiger partial charge in [0.05, 0.1) is 13.2 Å². The van der Waals surface area contributed by atoms with Crippen LogP contribution in [0.4, 0.5) is 0 Å². The lowest BCUT2D eigenvalue weighted by atomic mass is 9.77. The second-order valence-corrected chi connectivity index (χ2v) is 6.69. The van der Waals surface area contributed by atoms with Crippen molar-refractivity contribution in [2.24, 2.45) is 0 Å². The van der Waals surface area contributed by atoms with Gasteiger partial charge in [-0.1, -0.05) is 63.4 Å². The number of benzene rings is 2. The minimum Gasteiger partial charge on any atom is -0.395 e. The fourth-order valence-electron chi connectivity index (χ4n) is 2.35. The summed E-state index contributed by atoms with van der Waals surface area (Å²) in [6, 6.07) is 12.8. The van der Waals surface area contributed by atoms with E-state index in [4.69, 9.17) is 23.2 Å². The van der Waals surface area contributed by atoms with Gasteiger partial charge in [-0.25, -0.2) is 0 Å². The zero-order chi connectivity index (χ0) is 15.5. The molecule has 2 rings (SSSR count). The maximum atomic E-state index is 9.91. The fourth-order valence-corrected chi connectivity index (χ4v) is 3.53. The Balaban J connectivity index is 2.46. The highest BCUT2D eigenvalue weighted by molar-refractivity contribution is 9.10. The van der Waals surface area contributed by atoms with Crippen LogP contribution in [0.1, 0.15) is 11.1 Å². The zero-order valence-electron chi connectivity index (χ0n) is 11.2. The smallest absolute Gasteiger partial charge is 0.0553 e. The molecule has 0 atom stereocenters. The summed E-state index contributed by atoms with van der Waals surface area (Å²) >= 11 is 15.6. The minimum absolute atomic E-state index is 0.189. The van der Waals surface area contributed by atoms with Gasteiger partial charge in [0.15, 0.2) is 0 Å². The highest BCUT2D eigenvalue weighted by atomic mass is 79.9. The van der Waals surface area contributed by atoms with E-state index in [1.54, 1.807) is 12.1 Å². The topological polar surface area (TPSA) is 40.5 Å². The predicted molar refractivity (Wildman–Crippen MR) is 90.2 cm³/mol. The van der Waals surface area contributed by atoms with Gasteiger partial charge >= 0.3 is 0 Å². The standard InChI is InChI=1S/C16H15BrCl2O2/c17-14-4-2-1-3-13(14)16(9-20,10-21)8-11-5-6-12(18)7-15(11)19/h1-7,20-21H,8-10H2. The van der Waals surface area contributed by atoms with Crippen molar-refractivity contribution < 1.29 is 10.2 Å². The van der Waals surface area contributed by atoms with Crippen LogP contribution >= 0.6 is 39.1 Å². The molecule has 0 saturated heterocycles. The molecule has 0 aliphatic rings. The summed E-state index contributed by atoms with van der Waals surface area (Å²) in [6.45, 7) is -0.379. The van der Waals surface area contributed by atoms with Crippen LogP contribution < -0.4 is 0 Å². The molecule has 0 spiro atoms. The van der Waals surface area contributed by atoms with Crippen LogP contribution in [0.25, 0.3) is 0 Å². The van der Waals surface area contributed by atoms with E-state index in [-0.39, 0.29) is 13.2 Å². The fraction of sp³-hybridized carbons (Fsp3) is 0.250. The summed E-state index contributed by atoms with van der Waals surface area (Å²) in [4.78, 5) is 0. The highest BCUT2D eigenvalue weighted by Gasteiger charge is 2.33. The molecule has 2 aromatic rings. The van der Waals surface area contributed by atoms with Crippen molar-refractivity contribution in [3.05, 3.63) is 68.1 Å². The molecule has 21 heavy (non-hydrogen) atoms. The Bertz CT molecular complexity index is 627. The van der Waals surface area contributed by atoms with Crippen LogP contribution in [0.15, 0.2) is 46.9 Å². The number of hydrogen-bond donors (Lipinski definition) is 2. The molecule has 0 bridgehead atoms. The molecule has 0 amide bonds. The van der Waals surface area contributed by atoms with Crippen molar-refractivity contribution in [1.82, 2.24) is 0 Å². The van der Waals surface area contributed by atoms with E-state index >= 15 is 0 Å². The Morgan fingerprint density at radius 3 is 2.24 bits per heavy atom. The van der Waals surface area contributed by atoms with E-state index in [9.17, 15) is 10.2 Å². The van der Waals surface area contributed by atoms with Crippen LogP contribution in [0.5, 0.6) is 0 Å². The van der Waals surface area contributed by atoms with Gasteiger partial charge in [-0.15, -0.1) is 0 Å². The Morgan fingerprint density at radius 1 is 1.00 bits per heavy atom. The van der Waals surface area contributed by atoms with E-state index in [1.165, 1.54) is 0 Å². The molecule has 2 nitrogen and oxygen atoms in total. The van der Waals surface area contributed by atoms with Gasteiger partial charge in [-0.2, -0.15) is 0 Å². The third kappa shape index (κ3) is 3.61. The van der Waals surface area contributed by atoms with E-state index in [1.807, 2.05) is 30.3 Å². The SMILES string of the molecule is OCC(CO)(Cc1ccc(Cl)cc1Cl)c1ccccc1Br. The van der Waals surface area contributed by atoms with Crippen LogP contribution in [-0.4, -0.2) is 23.4 Å². The van der Waals surface area contributed by atoms with Crippen LogP contribution in [0, 0.1) is 0 Å². The van der Waals surface area contributed by atoms with Gasteiger partial charge < -0.3 is 10.2 Å². The summed E-state index contributed by atoms with van der Waals surface area (Å²) in [6.07, 6.45) is 0.415. The largest absolute Gasteiger partial charge is 0.395 e. The lowest BCUT2D eigenvalue weighted by Crippen LogP contribution is -2.37. The molecule has 0 aliphatic carbocycles. The molecule has 0 aromatic heterocycles. The van der Waals surface area contributed by atoms with Crippen molar-refractivity contribution >= 4 is 39.1 Å². The van der Waals surface area contributed by atoms with Crippen LogP contribution in [0.3, 0.4) is 0 Å². The first-order valence-corrected chi connectivity index (χ1v) is 7.98. The van der Waals surface area contributed by atoms with Gasteiger partial charge in [0.2, 0.25) is 0 Å². The normalized spacial score (nSPS) is 11.7. The average Bonchev–Trinajstić information content (AvgIpc) is 2.48. The Kier molecular flexibility index (Phi) is 5.69. The molecule has 0 heterocycles. The summed E-state index contributed by atoms with van der Waals surface area (Å²) in [5.74, 6) is 0. The number of rotatable bonds is 5. The molecular weight excluding hydrogens is 375 g/mol. The number of aliphatic hydroxyl groups is 2. The monoisotopic (exact) mass is 388 g/mol. The molecule has 2 N–H and O–H groups in total. The number of hydrogen-bond acceptors (Lipinski definition) is 2. The van der Waals surface area contributed by atoms with Gasteiger partial charge in [0.1, 0.15) is 0 Å². The first kappa shape index (κ1) is 16.8. The van der Waals surface area contributed by atoms with Crippen molar-refractivity contribution in [1.29, 1.82) is 0 Å². The maximum absolute atomic E-state index is 9.91. The second kappa shape index (κ2) is 7.12. The van der Waals surface area contributed by atoms with Gasteiger partial charge in [0, 0.05) is 19.9 Å². The quantitative estimate of drug-likeness (QED) is 0.803. The van der Waals surface area contributed by atoms with Crippen molar-refractivity contribution in [3.8, 4) is 0 Å². The molecule has 2 aromatic carbocycles. The summed E-state index contributed by atoms with van der Waals surface area (Å²) < 4.78 is 0.846. The summed E-state index contributed by atoms with van der Waals surface area (Å²) in [7, 11) is 0. The lowest BCUT2D eigenvalue weighted by molar-refractivity contribution is 0.116. The van der Waals surface area contributed by atoms with Gasteiger partial charge in [-0.05, 0) is 35.7 Å². The third-order valence-corrected chi connectivity index (χ3v) is 4.87. The molecule has 0 saturated carbocycles. The van der Waals surface area contributed by atoms with Crippen molar-refractivity contribution in [2.45, 2.75) is 11.8 Å². The average molecular weight is 390 g/mol. The van der Waals surface area contributed by atoms with E-state index in [0.717, 1.165) is 15.6 Å². The van der Waals surface area contributed by atoms with E-state index in [2.05, 4.69) is 15.9 Å². The second-order valence-electron chi connectivity index (χ2n) is 4.99. The maximum Gasteiger partial charge on any atom is 0.0553 e. The molecule has 0 fully saturated rings. The number of halogens is 3. The molecule has 0 radical (unpaired) electrons. The zero-order valence-corrected chi connectivity index (χ0v) is 14.3. The van der Waals surface area contributed by atoms with Crippen molar-refractivity contribution in [3.63, 3.8) is 0 Å². The molecule has 5 heteroatoms. The van der Waals surface area contributed by atoms with Gasteiger partial charge in [0.25, 0.3) is 0 Å². The first-order chi connectivity index (χ1) is 10.0. The Hall–Kier alpha value is -0.580. The number of aliphatic hydroxyl groups excluding tert-OH is 2. The highest BCUT2D eigenvalue weighted by Crippen LogP contribution is 2.35. The molecule has 0 aliphatic heterocycles. The lowest BCUT2D eigenvalue weighted by Gasteiger charge is -2.32. The third-order valence-electron chi connectivity index (χ3n) is 3.59. The van der Waals surface area contributed by atoms with Crippen molar-refractivity contribution in [2.75, 3.05) is 13.2 Å². The van der Waals surface area contributed by atoms with E-state index < -0.39 is 5.41 Å². The first-order valence-electron chi connectivity index (χ1n) is 6.43. The molecule has 0 unspecified atom stereocenters. The molecular formula is C16H15BrCl2O2. The summed E-state index contributed by atoms with van der Waals surface area (Å²) in [5, 5.41) is 20.9. The molecule has 112 valence electrons. The predicted octanol–water partition coefficient (Wildman–Crippen LogP) is 4.22.